The number of imide groups is 1. The number of hydrogen-bond donors (Lipinski definition) is 3. The SMILES string of the molecule is CC(=O)CC[C@H](NC(=O)CCOCCOCCOCCOCCNC(=O)CCN1C(=O)CC(C(C)C)C1=O)C(=O)O. The van der Waals surface area contributed by atoms with E-state index in [0.29, 0.717) is 46.2 Å². The number of carboxylic acids is 1. The van der Waals surface area contributed by atoms with Crippen LogP contribution in [0.25, 0.3) is 0 Å². The number of Topliss-reactive ketones (excluding diaryl/α,β-unsaturated/α-hetero) is 1. The van der Waals surface area contributed by atoms with Crippen molar-refractivity contribution < 1.29 is 52.8 Å². The molecule has 1 fully saturated rings. The van der Waals surface area contributed by atoms with E-state index in [-0.39, 0.29) is 87.2 Å². The number of nitrogens with zero attached hydrogens (tertiary/aromatic N) is 1. The van der Waals surface area contributed by atoms with Gasteiger partial charge in [-0.1, -0.05) is 13.8 Å². The minimum absolute atomic E-state index is 0.00388. The molecule has 1 unspecified atom stereocenters. The fourth-order valence-corrected chi connectivity index (χ4v) is 3.83. The summed E-state index contributed by atoms with van der Waals surface area (Å²) in [5.74, 6) is -2.68. The third-order valence-electron chi connectivity index (χ3n) is 6.22. The molecule has 2 atom stereocenters. The lowest BCUT2D eigenvalue weighted by Gasteiger charge is -2.16. The molecule has 1 heterocycles. The Morgan fingerprint density at radius 1 is 0.854 bits per heavy atom. The minimum atomic E-state index is -1.18. The Kier molecular flexibility index (Phi) is 18.4. The number of carbonyl (C=O) groups is 6. The lowest BCUT2D eigenvalue weighted by Crippen LogP contribution is -2.41. The van der Waals surface area contributed by atoms with Gasteiger partial charge in [0.15, 0.2) is 0 Å². The quantitative estimate of drug-likeness (QED) is 0.101. The molecule has 1 saturated heterocycles. The minimum Gasteiger partial charge on any atom is -0.480 e. The van der Waals surface area contributed by atoms with Gasteiger partial charge in [-0.25, -0.2) is 4.79 Å². The normalized spacial score (nSPS) is 15.8. The molecule has 3 N–H and O–H groups in total. The number of rotatable bonds is 24. The maximum absolute atomic E-state index is 12.3. The zero-order valence-corrected chi connectivity index (χ0v) is 24.3. The number of nitrogens with one attached hydrogen (secondary N) is 2. The third-order valence-corrected chi connectivity index (χ3v) is 6.22. The highest BCUT2D eigenvalue weighted by molar-refractivity contribution is 6.03. The summed E-state index contributed by atoms with van der Waals surface area (Å²) in [5.41, 5.74) is 0. The van der Waals surface area contributed by atoms with Crippen LogP contribution in [0.3, 0.4) is 0 Å². The number of ether oxygens (including phenoxy) is 4. The molecule has 0 saturated carbocycles. The number of aliphatic carboxylic acids is 1. The van der Waals surface area contributed by atoms with Gasteiger partial charge in [0.05, 0.1) is 52.9 Å². The summed E-state index contributed by atoms with van der Waals surface area (Å²) in [6, 6.07) is -1.10. The second-order valence-electron chi connectivity index (χ2n) is 9.94. The Balaban J connectivity index is 1.91. The number of carboxylic acid groups (broad SMARTS) is 1. The van der Waals surface area contributed by atoms with E-state index in [1.165, 1.54) is 11.8 Å². The van der Waals surface area contributed by atoms with Crippen LogP contribution >= 0.6 is 0 Å². The molecule has 4 amide bonds. The molecular formula is C27H45N3O11. The van der Waals surface area contributed by atoms with Gasteiger partial charge in [0.2, 0.25) is 23.6 Å². The van der Waals surface area contributed by atoms with Crippen molar-refractivity contribution in [3.63, 3.8) is 0 Å². The van der Waals surface area contributed by atoms with E-state index in [4.69, 9.17) is 24.1 Å². The van der Waals surface area contributed by atoms with Crippen molar-refractivity contribution in [3.8, 4) is 0 Å². The van der Waals surface area contributed by atoms with Crippen LogP contribution in [-0.2, 0) is 47.7 Å². The van der Waals surface area contributed by atoms with E-state index >= 15 is 0 Å². The van der Waals surface area contributed by atoms with Crippen molar-refractivity contribution in [2.45, 2.75) is 58.9 Å². The number of carbonyl (C=O) groups excluding carboxylic acids is 5. The fourth-order valence-electron chi connectivity index (χ4n) is 3.83. The molecule has 0 radical (unpaired) electrons. The molecule has 14 nitrogen and oxygen atoms in total. The van der Waals surface area contributed by atoms with Gasteiger partial charge in [0.25, 0.3) is 0 Å². The van der Waals surface area contributed by atoms with E-state index in [9.17, 15) is 28.8 Å². The highest BCUT2D eigenvalue weighted by Crippen LogP contribution is 2.26. The molecule has 0 aliphatic carbocycles. The first kappa shape index (κ1) is 36.1. The molecule has 14 heteroatoms. The zero-order valence-electron chi connectivity index (χ0n) is 24.3. The summed E-state index contributed by atoms with van der Waals surface area (Å²) in [4.78, 5) is 71.4. The lowest BCUT2D eigenvalue weighted by molar-refractivity contribution is -0.142. The average molecular weight is 588 g/mol. The highest BCUT2D eigenvalue weighted by Gasteiger charge is 2.39. The Labute approximate surface area is 240 Å². The second kappa shape index (κ2) is 20.9. The van der Waals surface area contributed by atoms with Crippen LogP contribution < -0.4 is 10.6 Å². The van der Waals surface area contributed by atoms with Gasteiger partial charge in [-0.3, -0.25) is 24.1 Å². The number of hydrogen-bond acceptors (Lipinski definition) is 10. The summed E-state index contributed by atoms with van der Waals surface area (Å²) < 4.78 is 21.4. The Morgan fingerprint density at radius 3 is 1.93 bits per heavy atom. The van der Waals surface area contributed by atoms with Crippen LogP contribution in [0, 0.1) is 11.8 Å². The standard InChI is InChI=1S/C27H45N3O11/c1-19(2)21-18-25(34)30(26(21)35)9-6-23(32)28-8-11-39-13-15-41-17-16-40-14-12-38-10-7-24(33)29-22(27(36)37)5-4-20(3)31/h19,21-22H,4-18H2,1-3H3,(H,28,32)(H,29,33)(H,36,37)/t21?,22-/m0/s1. The van der Waals surface area contributed by atoms with Crippen LogP contribution in [0.2, 0.25) is 0 Å². The Hall–Kier alpha value is -2.94. The van der Waals surface area contributed by atoms with Crippen LogP contribution in [-0.4, -0.2) is 117 Å². The van der Waals surface area contributed by atoms with Gasteiger partial charge < -0.3 is 39.5 Å². The molecule has 0 spiro atoms. The summed E-state index contributed by atoms with van der Waals surface area (Å²) in [7, 11) is 0. The maximum atomic E-state index is 12.3. The van der Waals surface area contributed by atoms with Crippen molar-refractivity contribution in [3.05, 3.63) is 0 Å². The van der Waals surface area contributed by atoms with Crippen LogP contribution in [0.15, 0.2) is 0 Å². The van der Waals surface area contributed by atoms with Gasteiger partial charge in [0, 0.05) is 44.7 Å². The molecule has 1 aliphatic heterocycles. The van der Waals surface area contributed by atoms with E-state index in [2.05, 4.69) is 10.6 Å². The summed E-state index contributed by atoms with van der Waals surface area (Å²) in [6.07, 6.45) is 0.390. The summed E-state index contributed by atoms with van der Waals surface area (Å²) in [5, 5.41) is 14.2. The van der Waals surface area contributed by atoms with Crippen LogP contribution in [0.1, 0.15) is 52.9 Å². The first-order valence-electron chi connectivity index (χ1n) is 14.0. The Morgan fingerprint density at radius 2 is 1.41 bits per heavy atom. The van der Waals surface area contributed by atoms with Gasteiger partial charge in [0.1, 0.15) is 11.8 Å². The predicted octanol–water partition coefficient (Wildman–Crippen LogP) is -0.0811. The molecule has 1 rings (SSSR count). The molecule has 0 aromatic carbocycles. The van der Waals surface area contributed by atoms with Crippen LogP contribution in [0.4, 0.5) is 0 Å². The maximum Gasteiger partial charge on any atom is 0.326 e. The first-order valence-corrected chi connectivity index (χ1v) is 14.0. The van der Waals surface area contributed by atoms with Crippen molar-refractivity contribution in [2.24, 2.45) is 11.8 Å². The Bertz CT molecular complexity index is 865. The number of likely N-dealkylation sites (tertiary alicyclic amines) is 1. The van der Waals surface area contributed by atoms with E-state index < -0.39 is 17.9 Å². The predicted molar refractivity (Wildman–Crippen MR) is 145 cm³/mol. The molecular weight excluding hydrogens is 542 g/mol. The first-order chi connectivity index (χ1) is 19.5. The summed E-state index contributed by atoms with van der Waals surface area (Å²) in [6.45, 7) is 7.92. The zero-order chi connectivity index (χ0) is 30.6. The molecule has 0 aromatic heterocycles. The van der Waals surface area contributed by atoms with Gasteiger partial charge in [-0.2, -0.15) is 0 Å². The van der Waals surface area contributed by atoms with Gasteiger partial charge in [-0.15, -0.1) is 0 Å². The van der Waals surface area contributed by atoms with Crippen molar-refractivity contribution in [1.82, 2.24) is 15.5 Å². The fraction of sp³-hybridized carbons (Fsp3) is 0.778. The molecule has 0 aromatic rings. The number of ketones is 1. The van der Waals surface area contributed by atoms with Gasteiger partial charge in [-0.05, 0) is 19.3 Å². The highest BCUT2D eigenvalue weighted by atomic mass is 16.6. The lowest BCUT2D eigenvalue weighted by atomic mass is 9.94. The molecule has 234 valence electrons. The summed E-state index contributed by atoms with van der Waals surface area (Å²) >= 11 is 0. The van der Waals surface area contributed by atoms with Crippen molar-refractivity contribution in [2.75, 3.05) is 65.9 Å². The average Bonchev–Trinajstić information content (AvgIpc) is 3.20. The molecule has 41 heavy (non-hydrogen) atoms. The van der Waals surface area contributed by atoms with E-state index in [1.807, 2.05) is 13.8 Å². The second-order valence-corrected chi connectivity index (χ2v) is 9.94. The smallest absolute Gasteiger partial charge is 0.326 e. The molecule has 1 aliphatic rings. The topological polar surface area (TPSA) is 187 Å². The van der Waals surface area contributed by atoms with Crippen molar-refractivity contribution >= 4 is 35.4 Å². The van der Waals surface area contributed by atoms with Crippen LogP contribution in [0.5, 0.6) is 0 Å². The largest absolute Gasteiger partial charge is 0.480 e. The molecule has 0 bridgehead atoms. The number of amides is 4. The van der Waals surface area contributed by atoms with Crippen molar-refractivity contribution in [1.29, 1.82) is 0 Å². The van der Waals surface area contributed by atoms with E-state index in [0.717, 1.165) is 0 Å². The van der Waals surface area contributed by atoms with Gasteiger partial charge >= 0.3 is 5.97 Å². The third kappa shape index (κ3) is 16.2. The van der Waals surface area contributed by atoms with E-state index in [1.54, 1.807) is 0 Å². The monoisotopic (exact) mass is 587 g/mol.